The second kappa shape index (κ2) is 11.2. The van der Waals surface area contributed by atoms with Gasteiger partial charge in [0.25, 0.3) is 0 Å². The van der Waals surface area contributed by atoms with Crippen molar-refractivity contribution in [2.75, 3.05) is 4.90 Å². The predicted octanol–water partition coefficient (Wildman–Crippen LogP) is 10.4. The lowest BCUT2D eigenvalue weighted by atomic mass is 9.88. The van der Waals surface area contributed by atoms with E-state index in [9.17, 15) is 0 Å². The molecule has 0 N–H and O–H groups in total. The van der Waals surface area contributed by atoms with Gasteiger partial charge in [0.2, 0.25) is 0 Å². The van der Waals surface area contributed by atoms with Gasteiger partial charge in [-0.2, -0.15) is 0 Å². The van der Waals surface area contributed by atoms with Crippen LogP contribution in [0.2, 0.25) is 0 Å². The third-order valence-electron chi connectivity index (χ3n) is 7.23. The molecule has 0 saturated carbocycles. The molecule has 1 nitrogen and oxygen atoms in total. The van der Waals surface area contributed by atoms with Gasteiger partial charge in [-0.15, -0.1) is 13.2 Å². The monoisotopic (exact) mass is 491 g/mol. The van der Waals surface area contributed by atoms with Gasteiger partial charge in [0.05, 0.1) is 0 Å². The lowest BCUT2D eigenvalue weighted by molar-refractivity contribution is 0.969. The van der Waals surface area contributed by atoms with E-state index < -0.39 is 0 Å². The molecule has 0 atom stereocenters. The molecule has 0 saturated heterocycles. The first kappa shape index (κ1) is 25.0. The van der Waals surface area contributed by atoms with Crippen LogP contribution in [0.3, 0.4) is 0 Å². The van der Waals surface area contributed by atoms with E-state index in [-0.39, 0.29) is 0 Å². The third-order valence-corrected chi connectivity index (χ3v) is 7.23. The van der Waals surface area contributed by atoms with Gasteiger partial charge in [-0.05, 0) is 87.5 Å². The Morgan fingerprint density at radius 1 is 0.553 bits per heavy atom. The number of aryl methyl sites for hydroxylation is 2. The van der Waals surface area contributed by atoms with Crippen LogP contribution in [-0.4, -0.2) is 0 Å². The zero-order chi connectivity index (χ0) is 26.5. The fourth-order valence-electron chi connectivity index (χ4n) is 5.45. The van der Waals surface area contributed by atoms with Crippen molar-refractivity contribution in [2.24, 2.45) is 0 Å². The fourth-order valence-corrected chi connectivity index (χ4v) is 5.45. The number of fused-ring (bicyclic) bond motifs is 2. The van der Waals surface area contributed by atoms with Crippen LogP contribution in [0, 0.1) is 13.8 Å². The lowest BCUT2D eigenvalue weighted by Gasteiger charge is -2.27. The Balaban J connectivity index is 0.00000144. The number of rotatable bonds is 5. The number of hydrogen-bond acceptors (Lipinski definition) is 1. The molecular weight excluding hydrogens is 458 g/mol. The number of hydrogen-bond donors (Lipinski definition) is 0. The SMILES string of the molecule is C=C.Cc1ccccc1N(Cc1cccc(-c2c3ccccc3c(C)c3ccccc23)c1)c1ccccc1. The van der Waals surface area contributed by atoms with Gasteiger partial charge >= 0.3 is 0 Å². The van der Waals surface area contributed by atoms with Gasteiger partial charge < -0.3 is 4.90 Å². The van der Waals surface area contributed by atoms with E-state index in [1.165, 1.54) is 60.7 Å². The summed E-state index contributed by atoms with van der Waals surface area (Å²) in [5.74, 6) is 0. The minimum atomic E-state index is 0.796. The maximum atomic E-state index is 3.00. The molecular formula is C37H33N. The molecule has 0 aliphatic carbocycles. The van der Waals surface area contributed by atoms with Crippen LogP contribution in [0.15, 0.2) is 141 Å². The zero-order valence-electron chi connectivity index (χ0n) is 22.2. The van der Waals surface area contributed by atoms with Crippen LogP contribution in [0.25, 0.3) is 32.7 Å². The van der Waals surface area contributed by atoms with Crippen LogP contribution in [-0.2, 0) is 6.54 Å². The first-order valence-corrected chi connectivity index (χ1v) is 13.1. The van der Waals surface area contributed by atoms with E-state index in [1.54, 1.807) is 0 Å². The summed E-state index contributed by atoms with van der Waals surface area (Å²) in [6.07, 6.45) is 0. The highest BCUT2D eigenvalue weighted by Gasteiger charge is 2.15. The first-order valence-electron chi connectivity index (χ1n) is 13.1. The van der Waals surface area contributed by atoms with Crippen LogP contribution >= 0.6 is 0 Å². The molecule has 0 bridgehead atoms. The molecule has 0 spiro atoms. The molecule has 0 radical (unpaired) electrons. The number of nitrogens with zero attached hydrogens (tertiary/aromatic N) is 1. The molecule has 0 aliphatic rings. The molecule has 6 rings (SSSR count). The van der Waals surface area contributed by atoms with E-state index in [0.29, 0.717) is 0 Å². The van der Waals surface area contributed by atoms with Gasteiger partial charge in [0, 0.05) is 17.9 Å². The minimum absolute atomic E-state index is 0.796. The van der Waals surface area contributed by atoms with Crippen molar-refractivity contribution in [3.63, 3.8) is 0 Å². The number of benzene rings is 6. The van der Waals surface area contributed by atoms with E-state index in [1.807, 2.05) is 0 Å². The largest absolute Gasteiger partial charge is 0.337 e. The minimum Gasteiger partial charge on any atom is -0.337 e. The van der Waals surface area contributed by atoms with Crippen molar-refractivity contribution in [2.45, 2.75) is 20.4 Å². The number of para-hydroxylation sites is 2. The molecule has 6 aromatic carbocycles. The van der Waals surface area contributed by atoms with E-state index in [4.69, 9.17) is 0 Å². The summed E-state index contributed by atoms with van der Waals surface area (Å²) < 4.78 is 0. The highest BCUT2D eigenvalue weighted by atomic mass is 15.1. The highest BCUT2D eigenvalue weighted by Crippen LogP contribution is 2.39. The summed E-state index contributed by atoms with van der Waals surface area (Å²) in [7, 11) is 0. The Morgan fingerprint density at radius 3 is 1.74 bits per heavy atom. The average Bonchev–Trinajstić information content (AvgIpc) is 2.98. The third kappa shape index (κ3) is 4.71. The fraction of sp³-hybridized carbons (Fsp3) is 0.0811. The van der Waals surface area contributed by atoms with Crippen molar-refractivity contribution < 1.29 is 0 Å². The standard InChI is InChI=1S/C35H29N.C2H4/c1-25-13-6-11-22-34(25)36(29-16-4-3-5-17-29)24-27-14-12-15-28(23-27)35-32-20-9-7-18-30(32)26(2)31-19-8-10-21-33(31)35;1-2/h3-23H,24H2,1-2H3;1-2H2. The van der Waals surface area contributed by atoms with Crippen LogP contribution in [0.4, 0.5) is 11.4 Å². The Morgan fingerprint density at radius 2 is 1.11 bits per heavy atom. The highest BCUT2D eigenvalue weighted by molar-refractivity contribution is 6.14. The van der Waals surface area contributed by atoms with Crippen LogP contribution < -0.4 is 4.90 Å². The summed E-state index contributed by atoms with van der Waals surface area (Å²) in [6, 6.07) is 46.0. The molecule has 0 amide bonds. The predicted molar refractivity (Wildman–Crippen MR) is 166 cm³/mol. The average molecular weight is 492 g/mol. The Bertz CT molecular complexity index is 1640. The molecule has 1 heteroatoms. The van der Waals surface area contributed by atoms with Crippen molar-refractivity contribution in [3.05, 3.63) is 157 Å². The summed E-state index contributed by atoms with van der Waals surface area (Å²) in [5.41, 5.74) is 8.91. The van der Waals surface area contributed by atoms with Crippen LogP contribution in [0.5, 0.6) is 0 Å². The van der Waals surface area contributed by atoms with Gasteiger partial charge in [-0.25, -0.2) is 0 Å². The van der Waals surface area contributed by atoms with Gasteiger partial charge in [0.1, 0.15) is 0 Å². The Hall–Kier alpha value is -4.62. The summed E-state index contributed by atoms with van der Waals surface area (Å²) in [5, 5.41) is 5.26. The van der Waals surface area contributed by atoms with Crippen molar-refractivity contribution in [1.29, 1.82) is 0 Å². The van der Waals surface area contributed by atoms with Crippen molar-refractivity contribution in [1.82, 2.24) is 0 Å². The van der Waals surface area contributed by atoms with E-state index >= 15 is 0 Å². The molecule has 186 valence electrons. The molecule has 0 aliphatic heterocycles. The second-order valence-corrected chi connectivity index (χ2v) is 9.50. The Kier molecular flexibility index (Phi) is 7.38. The molecule has 38 heavy (non-hydrogen) atoms. The van der Waals surface area contributed by atoms with Gasteiger partial charge in [-0.1, -0.05) is 103 Å². The molecule has 0 unspecified atom stereocenters. The Labute approximate surface area is 226 Å². The van der Waals surface area contributed by atoms with Gasteiger partial charge in [0.15, 0.2) is 0 Å². The summed E-state index contributed by atoms with van der Waals surface area (Å²) in [6.45, 7) is 11.2. The zero-order valence-corrected chi connectivity index (χ0v) is 22.2. The van der Waals surface area contributed by atoms with Crippen LogP contribution in [0.1, 0.15) is 16.7 Å². The maximum absolute atomic E-state index is 3.00. The second-order valence-electron chi connectivity index (χ2n) is 9.50. The van der Waals surface area contributed by atoms with E-state index in [2.05, 4.69) is 159 Å². The quantitative estimate of drug-likeness (QED) is 0.171. The van der Waals surface area contributed by atoms with Crippen molar-refractivity contribution >= 4 is 32.9 Å². The normalized spacial score (nSPS) is 10.7. The molecule has 6 aromatic rings. The lowest BCUT2D eigenvalue weighted by Crippen LogP contribution is -2.17. The summed E-state index contributed by atoms with van der Waals surface area (Å²) >= 11 is 0. The van der Waals surface area contributed by atoms with E-state index in [0.717, 1.165) is 6.54 Å². The number of anilines is 2. The summed E-state index contributed by atoms with van der Waals surface area (Å²) in [4.78, 5) is 2.42. The molecule has 0 aromatic heterocycles. The van der Waals surface area contributed by atoms with Gasteiger partial charge in [-0.3, -0.25) is 0 Å². The molecule has 0 heterocycles. The maximum Gasteiger partial charge on any atom is 0.0482 e. The smallest absolute Gasteiger partial charge is 0.0482 e. The van der Waals surface area contributed by atoms with Crippen molar-refractivity contribution in [3.8, 4) is 11.1 Å². The topological polar surface area (TPSA) is 3.24 Å². The first-order chi connectivity index (χ1) is 18.7. The molecule has 0 fully saturated rings.